The molecule has 0 saturated heterocycles. The van der Waals surface area contributed by atoms with E-state index >= 15 is 0 Å². The Morgan fingerprint density at radius 3 is 2.47 bits per heavy atom. The van der Waals surface area contributed by atoms with Gasteiger partial charge in [-0.1, -0.05) is 26.7 Å². The SMILES string of the molecule is CCCCC(C(=O)O)N(CCC)C1CC1. The molecule has 0 bridgehead atoms. The highest BCUT2D eigenvalue weighted by atomic mass is 16.4. The molecule has 3 heteroatoms. The van der Waals surface area contributed by atoms with Crippen molar-refractivity contribution in [1.82, 2.24) is 4.90 Å². The van der Waals surface area contributed by atoms with Gasteiger partial charge in [0.05, 0.1) is 0 Å². The predicted molar refractivity (Wildman–Crippen MR) is 61.0 cm³/mol. The van der Waals surface area contributed by atoms with Gasteiger partial charge in [-0.05, 0) is 32.2 Å². The zero-order valence-corrected chi connectivity index (χ0v) is 9.91. The number of nitrogens with zero attached hydrogens (tertiary/aromatic N) is 1. The van der Waals surface area contributed by atoms with Crippen LogP contribution in [0.15, 0.2) is 0 Å². The molecular weight excluding hydrogens is 190 g/mol. The van der Waals surface area contributed by atoms with Crippen molar-refractivity contribution in [2.45, 2.75) is 64.5 Å². The summed E-state index contributed by atoms with van der Waals surface area (Å²) in [6.07, 6.45) is 6.33. The molecule has 0 spiro atoms. The van der Waals surface area contributed by atoms with Gasteiger partial charge in [-0.2, -0.15) is 0 Å². The second-order valence-corrected chi connectivity index (χ2v) is 4.47. The maximum atomic E-state index is 11.2. The molecule has 1 aliphatic rings. The van der Waals surface area contributed by atoms with Crippen molar-refractivity contribution in [3.05, 3.63) is 0 Å². The van der Waals surface area contributed by atoms with Crippen molar-refractivity contribution in [3.8, 4) is 0 Å². The van der Waals surface area contributed by atoms with E-state index in [1.165, 1.54) is 12.8 Å². The first-order valence-electron chi connectivity index (χ1n) is 6.19. The van der Waals surface area contributed by atoms with E-state index in [-0.39, 0.29) is 6.04 Å². The van der Waals surface area contributed by atoms with Crippen LogP contribution in [0, 0.1) is 0 Å². The van der Waals surface area contributed by atoms with E-state index in [9.17, 15) is 9.90 Å². The quantitative estimate of drug-likeness (QED) is 0.673. The third-order valence-electron chi connectivity index (χ3n) is 3.01. The summed E-state index contributed by atoms with van der Waals surface area (Å²) < 4.78 is 0. The first-order valence-corrected chi connectivity index (χ1v) is 6.19. The Bertz CT molecular complexity index is 202. The Kier molecular flexibility index (Phi) is 5.09. The van der Waals surface area contributed by atoms with Crippen molar-refractivity contribution in [2.75, 3.05) is 6.54 Å². The average Bonchev–Trinajstić information content (AvgIpc) is 2.99. The summed E-state index contributed by atoms with van der Waals surface area (Å²) >= 11 is 0. The standard InChI is InChI=1S/C12H23NO2/c1-3-5-6-11(12(14)15)13(9-4-2)10-7-8-10/h10-11H,3-9H2,1-2H3,(H,14,15). The van der Waals surface area contributed by atoms with Crippen LogP contribution in [0.1, 0.15) is 52.4 Å². The fourth-order valence-electron chi connectivity index (χ4n) is 2.09. The summed E-state index contributed by atoms with van der Waals surface area (Å²) in [6, 6.07) is 0.320. The van der Waals surface area contributed by atoms with Gasteiger partial charge >= 0.3 is 5.97 Å². The zero-order chi connectivity index (χ0) is 11.3. The normalized spacial score (nSPS) is 18.1. The van der Waals surface area contributed by atoms with Gasteiger partial charge in [-0.3, -0.25) is 9.69 Å². The number of rotatable bonds is 8. The van der Waals surface area contributed by atoms with Gasteiger partial charge in [0.1, 0.15) is 6.04 Å². The Morgan fingerprint density at radius 1 is 1.40 bits per heavy atom. The molecule has 88 valence electrons. The van der Waals surface area contributed by atoms with E-state index in [1.807, 2.05) is 0 Å². The fraction of sp³-hybridized carbons (Fsp3) is 0.917. The molecule has 1 unspecified atom stereocenters. The summed E-state index contributed by atoms with van der Waals surface area (Å²) in [7, 11) is 0. The summed E-state index contributed by atoms with van der Waals surface area (Å²) in [4.78, 5) is 13.4. The summed E-state index contributed by atoms with van der Waals surface area (Å²) in [5.74, 6) is -0.635. The van der Waals surface area contributed by atoms with Crippen LogP contribution in [0.25, 0.3) is 0 Å². The molecule has 15 heavy (non-hydrogen) atoms. The number of carboxylic acid groups (broad SMARTS) is 1. The second-order valence-electron chi connectivity index (χ2n) is 4.47. The predicted octanol–water partition coefficient (Wildman–Crippen LogP) is 2.50. The monoisotopic (exact) mass is 213 g/mol. The largest absolute Gasteiger partial charge is 0.480 e. The summed E-state index contributed by atoms with van der Waals surface area (Å²) in [5, 5.41) is 9.23. The van der Waals surface area contributed by atoms with Gasteiger partial charge < -0.3 is 5.11 Å². The molecule has 0 amide bonds. The van der Waals surface area contributed by atoms with Gasteiger partial charge in [-0.25, -0.2) is 0 Å². The van der Waals surface area contributed by atoms with Crippen LogP contribution in [0.4, 0.5) is 0 Å². The van der Waals surface area contributed by atoms with Crippen LogP contribution in [-0.4, -0.2) is 34.6 Å². The van der Waals surface area contributed by atoms with Crippen LogP contribution in [0.3, 0.4) is 0 Å². The molecule has 1 fully saturated rings. The zero-order valence-electron chi connectivity index (χ0n) is 9.91. The van der Waals surface area contributed by atoms with E-state index in [2.05, 4.69) is 18.7 Å². The van der Waals surface area contributed by atoms with Gasteiger partial charge in [-0.15, -0.1) is 0 Å². The molecule has 1 saturated carbocycles. The highest BCUT2D eigenvalue weighted by molar-refractivity contribution is 5.73. The third kappa shape index (κ3) is 3.82. The Labute approximate surface area is 92.5 Å². The van der Waals surface area contributed by atoms with Crippen molar-refractivity contribution in [1.29, 1.82) is 0 Å². The molecule has 3 nitrogen and oxygen atoms in total. The number of aliphatic carboxylic acids is 1. The van der Waals surface area contributed by atoms with E-state index < -0.39 is 5.97 Å². The highest BCUT2D eigenvalue weighted by Gasteiger charge is 2.36. The van der Waals surface area contributed by atoms with Gasteiger partial charge in [0.2, 0.25) is 0 Å². The number of hydrogen-bond acceptors (Lipinski definition) is 2. The minimum Gasteiger partial charge on any atom is -0.480 e. The average molecular weight is 213 g/mol. The molecular formula is C12H23NO2. The summed E-state index contributed by atoms with van der Waals surface area (Å²) in [6.45, 7) is 5.17. The van der Waals surface area contributed by atoms with Crippen LogP contribution >= 0.6 is 0 Å². The second kappa shape index (κ2) is 6.11. The maximum Gasteiger partial charge on any atom is 0.320 e. The van der Waals surface area contributed by atoms with Crippen LogP contribution in [0.2, 0.25) is 0 Å². The Balaban J connectivity index is 2.52. The van der Waals surface area contributed by atoms with Gasteiger partial charge in [0.15, 0.2) is 0 Å². The van der Waals surface area contributed by atoms with Gasteiger partial charge in [0.25, 0.3) is 0 Å². The lowest BCUT2D eigenvalue weighted by molar-refractivity contribution is -0.144. The molecule has 1 N–H and O–H groups in total. The van der Waals surface area contributed by atoms with Crippen LogP contribution in [-0.2, 0) is 4.79 Å². The molecule has 1 rings (SSSR count). The first-order chi connectivity index (χ1) is 7.20. The minimum atomic E-state index is -0.635. The highest BCUT2D eigenvalue weighted by Crippen LogP contribution is 2.30. The van der Waals surface area contributed by atoms with E-state index in [4.69, 9.17) is 0 Å². The number of hydrogen-bond donors (Lipinski definition) is 1. The van der Waals surface area contributed by atoms with Crippen molar-refractivity contribution < 1.29 is 9.90 Å². The van der Waals surface area contributed by atoms with E-state index in [0.29, 0.717) is 6.04 Å². The topological polar surface area (TPSA) is 40.5 Å². The molecule has 0 heterocycles. The number of unbranched alkanes of at least 4 members (excludes halogenated alkanes) is 1. The van der Waals surface area contributed by atoms with Crippen molar-refractivity contribution in [2.24, 2.45) is 0 Å². The molecule has 0 aromatic carbocycles. The molecule has 0 aromatic rings. The minimum absolute atomic E-state index is 0.239. The number of carbonyl (C=O) groups is 1. The van der Waals surface area contributed by atoms with Crippen LogP contribution in [0.5, 0.6) is 0 Å². The fourth-order valence-corrected chi connectivity index (χ4v) is 2.09. The van der Waals surface area contributed by atoms with E-state index in [1.54, 1.807) is 0 Å². The number of carboxylic acids is 1. The maximum absolute atomic E-state index is 11.2. The lowest BCUT2D eigenvalue weighted by atomic mass is 10.1. The van der Waals surface area contributed by atoms with Gasteiger partial charge in [0, 0.05) is 6.04 Å². The lowest BCUT2D eigenvalue weighted by Gasteiger charge is -2.28. The molecule has 0 aromatic heterocycles. The summed E-state index contributed by atoms with van der Waals surface area (Å²) in [5.41, 5.74) is 0. The molecule has 1 aliphatic carbocycles. The van der Waals surface area contributed by atoms with E-state index in [0.717, 1.165) is 32.2 Å². The molecule has 0 aliphatic heterocycles. The van der Waals surface area contributed by atoms with Crippen molar-refractivity contribution in [3.63, 3.8) is 0 Å². The lowest BCUT2D eigenvalue weighted by Crippen LogP contribution is -2.43. The smallest absolute Gasteiger partial charge is 0.320 e. The molecule has 0 radical (unpaired) electrons. The van der Waals surface area contributed by atoms with Crippen LogP contribution < -0.4 is 0 Å². The Morgan fingerprint density at radius 2 is 2.07 bits per heavy atom. The molecule has 1 atom stereocenters. The Hall–Kier alpha value is -0.570. The first kappa shape index (κ1) is 12.5. The third-order valence-corrected chi connectivity index (χ3v) is 3.01. The van der Waals surface area contributed by atoms with Crippen molar-refractivity contribution >= 4 is 5.97 Å².